The molecule has 0 radical (unpaired) electrons. The number of hydrogen-bond acceptors (Lipinski definition) is 7. The SMILES string of the molecule is CN1CCN(Cc2ccc([N+](=O)[O-])c(Nc3nc(-c4ccc(C(F)(F)F)cc4)cs3)c2)CC1. The summed E-state index contributed by atoms with van der Waals surface area (Å²) in [6, 6.07) is 9.75. The number of rotatable bonds is 6. The highest BCUT2D eigenvalue weighted by atomic mass is 32.1. The monoisotopic (exact) mass is 477 g/mol. The van der Waals surface area contributed by atoms with Crippen LogP contribution in [0.3, 0.4) is 0 Å². The van der Waals surface area contributed by atoms with Crippen LogP contribution in [0.5, 0.6) is 0 Å². The summed E-state index contributed by atoms with van der Waals surface area (Å²) in [7, 11) is 2.08. The molecule has 2 heterocycles. The standard InChI is InChI=1S/C22H22F3N5O2S/c1-28-8-10-29(11-9-28)13-15-2-7-20(30(31)32)18(12-15)26-21-27-19(14-33-21)16-3-5-17(6-4-16)22(23,24)25/h2-7,12,14H,8-11,13H2,1H3,(H,26,27). The number of halogens is 3. The van der Waals surface area contributed by atoms with Gasteiger partial charge in [0.1, 0.15) is 5.69 Å². The van der Waals surface area contributed by atoms with Gasteiger partial charge in [-0.3, -0.25) is 15.0 Å². The van der Waals surface area contributed by atoms with Crippen molar-refractivity contribution in [3.63, 3.8) is 0 Å². The van der Waals surface area contributed by atoms with E-state index in [1.807, 2.05) is 0 Å². The molecule has 174 valence electrons. The molecule has 0 unspecified atom stereocenters. The Balaban J connectivity index is 1.52. The lowest BCUT2D eigenvalue weighted by Gasteiger charge is -2.32. The van der Waals surface area contributed by atoms with Crippen LogP contribution in [0.4, 0.5) is 29.7 Å². The van der Waals surface area contributed by atoms with Crippen molar-refractivity contribution >= 4 is 27.8 Å². The van der Waals surface area contributed by atoms with Gasteiger partial charge in [0.05, 0.1) is 16.2 Å². The first kappa shape index (κ1) is 23.1. The zero-order valence-corrected chi connectivity index (χ0v) is 18.6. The van der Waals surface area contributed by atoms with E-state index in [4.69, 9.17) is 0 Å². The van der Waals surface area contributed by atoms with E-state index in [0.717, 1.165) is 43.9 Å². The van der Waals surface area contributed by atoms with Gasteiger partial charge in [0.15, 0.2) is 5.13 Å². The fraction of sp³-hybridized carbons (Fsp3) is 0.318. The average molecular weight is 478 g/mol. The summed E-state index contributed by atoms with van der Waals surface area (Å²) < 4.78 is 38.4. The molecule has 33 heavy (non-hydrogen) atoms. The summed E-state index contributed by atoms with van der Waals surface area (Å²) in [5, 5.41) is 16.7. The van der Waals surface area contributed by atoms with Crippen molar-refractivity contribution in [2.75, 3.05) is 38.5 Å². The van der Waals surface area contributed by atoms with Crippen molar-refractivity contribution in [3.05, 3.63) is 69.1 Å². The summed E-state index contributed by atoms with van der Waals surface area (Å²) in [6.07, 6.45) is -4.40. The normalized spacial score (nSPS) is 15.5. The van der Waals surface area contributed by atoms with E-state index >= 15 is 0 Å². The molecular formula is C22H22F3N5O2S. The van der Waals surface area contributed by atoms with Gasteiger partial charge in [-0.1, -0.05) is 18.2 Å². The lowest BCUT2D eigenvalue weighted by molar-refractivity contribution is -0.383. The van der Waals surface area contributed by atoms with Crippen LogP contribution in [0.25, 0.3) is 11.3 Å². The first-order chi connectivity index (χ1) is 15.7. The van der Waals surface area contributed by atoms with Gasteiger partial charge in [0.2, 0.25) is 0 Å². The number of nitro benzene ring substituents is 1. The molecule has 0 atom stereocenters. The predicted octanol–water partition coefficient (Wildman–Crippen LogP) is 5.23. The van der Waals surface area contributed by atoms with Crippen molar-refractivity contribution < 1.29 is 18.1 Å². The Bertz CT molecular complexity index is 1130. The molecule has 0 saturated carbocycles. The molecule has 1 saturated heterocycles. The molecule has 11 heteroatoms. The highest BCUT2D eigenvalue weighted by Gasteiger charge is 2.30. The van der Waals surface area contributed by atoms with Gasteiger partial charge in [-0.25, -0.2) is 4.98 Å². The maximum Gasteiger partial charge on any atom is 0.416 e. The Morgan fingerprint density at radius 2 is 1.82 bits per heavy atom. The minimum Gasteiger partial charge on any atom is -0.326 e. The number of hydrogen-bond donors (Lipinski definition) is 1. The molecule has 0 spiro atoms. The fourth-order valence-electron chi connectivity index (χ4n) is 3.61. The van der Waals surface area contributed by atoms with E-state index in [2.05, 4.69) is 27.1 Å². The van der Waals surface area contributed by atoms with Gasteiger partial charge >= 0.3 is 6.18 Å². The first-order valence-corrected chi connectivity index (χ1v) is 11.2. The molecule has 0 bridgehead atoms. The molecule has 7 nitrogen and oxygen atoms in total. The second-order valence-electron chi connectivity index (χ2n) is 7.93. The number of alkyl halides is 3. The zero-order chi connectivity index (χ0) is 23.6. The quantitative estimate of drug-likeness (QED) is 0.387. The van der Waals surface area contributed by atoms with Gasteiger partial charge < -0.3 is 10.2 Å². The maximum atomic E-state index is 12.8. The van der Waals surface area contributed by atoms with E-state index < -0.39 is 16.7 Å². The number of benzene rings is 2. The summed E-state index contributed by atoms with van der Waals surface area (Å²) >= 11 is 1.23. The van der Waals surface area contributed by atoms with Gasteiger partial charge in [-0.2, -0.15) is 13.2 Å². The molecular weight excluding hydrogens is 455 g/mol. The smallest absolute Gasteiger partial charge is 0.326 e. The zero-order valence-electron chi connectivity index (χ0n) is 17.8. The summed E-state index contributed by atoms with van der Waals surface area (Å²) in [5.74, 6) is 0. The molecule has 1 aliphatic rings. The van der Waals surface area contributed by atoms with E-state index in [9.17, 15) is 23.3 Å². The third-order valence-electron chi connectivity index (χ3n) is 5.51. The number of aromatic nitrogens is 1. The van der Waals surface area contributed by atoms with E-state index in [1.54, 1.807) is 17.5 Å². The highest BCUT2D eigenvalue weighted by molar-refractivity contribution is 7.14. The van der Waals surface area contributed by atoms with Gasteiger partial charge in [0.25, 0.3) is 5.69 Å². The lowest BCUT2D eigenvalue weighted by Crippen LogP contribution is -2.43. The minimum absolute atomic E-state index is 0.0663. The number of nitro groups is 1. The molecule has 2 aromatic carbocycles. The lowest BCUT2D eigenvalue weighted by atomic mass is 10.1. The van der Waals surface area contributed by atoms with E-state index in [1.165, 1.54) is 29.5 Å². The van der Waals surface area contributed by atoms with Crippen LogP contribution < -0.4 is 5.32 Å². The molecule has 4 rings (SSSR count). The van der Waals surface area contributed by atoms with Crippen LogP contribution in [-0.2, 0) is 12.7 Å². The van der Waals surface area contributed by atoms with Gasteiger partial charge in [0, 0.05) is 49.7 Å². The van der Waals surface area contributed by atoms with Crippen molar-refractivity contribution in [1.82, 2.24) is 14.8 Å². The average Bonchev–Trinajstić information content (AvgIpc) is 3.23. The number of anilines is 2. The minimum atomic E-state index is -4.40. The van der Waals surface area contributed by atoms with Crippen LogP contribution in [0.1, 0.15) is 11.1 Å². The largest absolute Gasteiger partial charge is 0.416 e. The molecule has 1 N–H and O–H groups in total. The van der Waals surface area contributed by atoms with E-state index in [-0.39, 0.29) is 5.69 Å². The van der Waals surface area contributed by atoms with Crippen LogP contribution in [-0.4, -0.2) is 52.9 Å². The van der Waals surface area contributed by atoms with Crippen LogP contribution >= 0.6 is 11.3 Å². The number of nitrogens with zero attached hydrogens (tertiary/aromatic N) is 4. The fourth-order valence-corrected chi connectivity index (χ4v) is 4.35. The van der Waals surface area contributed by atoms with Gasteiger partial charge in [-0.05, 0) is 30.8 Å². The second kappa shape index (κ2) is 9.46. The summed E-state index contributed by atoms with van der Waals surface area (Å²) in [4.78, 5) is 20.0. The first-order valence-electron chi connectivity index (χ1n) is 10.3. The van der Waals surface area contributed by atoms with Crippen LogP contribution in [0.2, 0.25) is 0 Å². The van der Waals surface area contributed by atoms with Gasteiger partial charge in [-0.15, -0.1) is 11.3 Å². The summed E-state index contributed by atoms with van der Waals surface area (Å²) in [6.45, 7) is 4.50. The van der Waals surface area contributed by atoms with Crippen molar-refractivity contribution in [1.29, 1.82) is 0 Å². The Morgan fingerprint density at radius 1 is 1.12 bits per heavy atom. The molecule has 1 aromatic heterocycles. The van der Waals surface area contributed by atoms with Crippen molar-refractivity contribution in [2.24, 2.45) is 0 Å². The molecule has 0 aliphatic carbocycles. The topological polar surface area (TPSA) is 74.5 Å². The molecule has 3 aromatic rings. The number of piperazine rings is 1. The Labute approximate surface area is 192 Å². The van der Waals surface area contributed by atoms with Crippen LogP contribution in [0.15, 0.2) is 47.8 Å². The van der Waals surface area contributed by atoms with Crippen molar-refractivity contribution in [2.45, 2.75) is 12.7 Å². The Hall–Kier alpha value is -3.02. The highest BCUT2D eigenvalue weighted by Crippen LogP contribution is 2.34. The number of nitrogens with one attached hydrogen (secondary N) is 1. The van der Waals surface area contributed by atoms with E-state index in [0.29, 0.717) is 28.6 Å². The summed E-state index contributed by atoms with van der Waals surface area (Å²) in [5.41, 5.74) is 1.52. The maximum absolute atomic E-state index is 12.8. The number of thiazole rings is 1. The Morgan fingerprint density at radius 3 is 2.45 bits per heavy atom. The van der Waals surface area contributed by atoms with Crippen LogP contribution in [0, 0.1) is 10.1 Å². The third-order valence-corrected chi connectivity index (χ3v) is 6.27. The number of likely N-dealkylation sites (N-methyl/N-ethyl adjacent to an activating group) is 1. The molecule has 0 amide bonds. The second-order valence-corrected chi connectivity index (χ2v) is 8.78. The third kappa shape index (κ3) is 5.67. The predicted molar refractivity (Wildman–Crippen MR) is 122 cm³/mol. The Kier molecular flexibility index (Phi) is 6.63. The van der Waals surface area contributed by atoms with Crippen molar-refractivity contribution in [3.8, 4) is 11.3 Å². The molecule has 1 aliphatic heterocycles. The molecule has 1 fully saturated rings.